The molecule has 22 heavy (non-hydrogen) atoms. The zero-order valence-electron chi connectivity index (χ0n) is 11.8. The van der Waals surface area contributed by atoms with Gasteiger partial charge in [-0.3, -0.25) is 4.79 Å². The van der Waals surface area contributed by atoms with Crippen LogP contribution in [0.5, 0.6) is 0 Å². The summed E-state index contributed by atoms with van der Waals surface area (Å²) in [4.78, 5) is 13.6. The Labute approximate surface area is 140 Å². The first-order chi connectivity index (χ1) is 10.6. The maximum Gasteiger partial charge on any atom is 0.257 e. The number of aryl methyl sites for hydroxylation is 1. The van der Waals surface area contributed by atoms with E-state index >= 15 is 0 Å². The summed E-state index contributed by atoms with van der Waals surface area (Å²) in [6, 6.07) is 13.5. The second-order valence-electron chi connectivity index (χ2n) is 4.72. The standard InChI is InChI=1S/C16H13BrN2O2S/c1-10-14(15(19-21-10)11-5-3-2-4-6-11)16(20)18-9-12-7-8-13(17)22-12/h2-8H,9H2,1H3,(H,18,20). The number of nitrogens with zero attached hydrogens (tertiary/aromatic N) is 1. The molecule has 0 unspecified atom stereocenters. The summed E-state index contributed by atoms with van der Waals surface area (Å²) >= 11 is 5.01. The van der Waals surface area contributed by atoms with Crippen molar-refractivity contribution in [3.05, 3.63) is 62.5 Å². The molecule has 4 nitrogen and oxygen atoms in total. The van der Waals surface area contributed by atoms with Gasteiger partial charge in [-0.05, 0) is 35.0 Å². The van der Waals surface area contributed by atoms with E-state index < -0.39 is 0 Å². The van der Waals surface area contributed by atoms with E-state index in [0.717, 1.165) is 14.2 Å². The molecule has 0 saturated carbocycles. The number of nitrogens with one attached hydrogen (secondary N) is 1. The van der Waals surface area contributed by atoms with Gasteiger partial charge in [0.1, 0.15) is 17.0 Å². The van der Waals surface area contributed by atoms with Crippen LogP contribution in [-0.2, 0) is 6.54 Å². The highest BCUT2D eigenvalue weighted by Crippen LogP contribution is 2.25. The molecule has 0 aliphatic carbocycles. The number of thiophene rings is 1. The van der Waals surface area contributed by atoms with E-state index in [4.69, 9.17) is 4.52 Å². The zero-order chi connectivity index (χ0) is 15.5. The van der Waals surface area contributed by atoms with Gasteiger partial charge >= 0.3 is 0 Å². The van der Waals surface area contributed by atoms with Gasteiger partial charge in [-0.1, -0.05) is 35.5 Å². The average Bonchev–Trinajstić information content (AvgIpc) is 3.12. The van der Waals surface area contributed by atoms with Gasteiger partial charge in [0, 0.05) is 10.4 Å². The third-order valence-corrected chi connectivity index (χ3v) is 4.81. The lowest BCUT2D eigenvalue weighted by atomic mass is 10.1. The molecular formula is C16H13BrN2O2S. The number of carbonyl (C=O) groups is 1. The number of hydrogen-bond donors (Lipinski definition) is 1. The summed E-state index contributed by atoms with van der Waals surface area (Å²) in [7, 11) is 0. The van der Waals surface area contributed by atoms with E-state index in [1.807, 2.05) is 42.5 Å². The fourth-order valence-corrected chi connectivity index (χ4v) is 3.56. The molecule has 2 aromatic heterocycles. The van der Waals surface area contributed by atoms with E-state index in [1.54, 1.807) is 18.3 Å². The van der Waals surface area contributed by atoms with Crippen molar-refractivity contribution in [2.24, 2.45) is 0 Å². The molecule has 2 heterocycles. The molecule has 0 fully saturated rings. The lowest BCUT2D eigenvalue weighted by molar-refractivity contribution is 0.0950. The normalized spacial score (nSPS) is 10.6. The molecule has 1 N–H and O–H groups in total. The molecule has 1 amide bonds. The van der Waals surface area contributed by atoms with Crippen molar-refractivity contribution in [2.45, 2.75) is 13.5 Å². The number of hydrogen-bond acceptors (Lipinski definition) is 4. The quantitative estimate of drug-likeness (QED) is 0.733. The van der Waals surface area contributed by atoms with Crippen molar-refractivity contribution in [1.82, 2.24) is 10.5 Å². The van der Waals surface area contributed by atoms with Gasteiger partial charge in [-0.2, -0.15) is 0 Å². The highest BCUT2D eigenvalue weighted by atomic mass is 79.9. The number of aromatic nitrogens is 1. The Morgan fingerprint density at radius 1 is 1.27 bits per heavy atom. The lowest BCUT2D eigenvalue weighted by Gasteiger charge is -2.04. The monoisotopic (exact) mass is 376 g/mol. The van der Waals surface area contributed by atoms with Crippen LogP contribution in [0, 0.1) is 6.92 Å². The fourth-order valence-electron chi connectivity index (χ4n) is 2.14. The van der Waals surface area contributed by atoms with Gasteiger partial charge in [0.2, 0.25) is 0 Å². The van der Waals surface area contributed by atoms with E-state index in [2.05, 4.69) is 26.4 Å². The maximum absolute atomic E-state index is 12.5. The minimum Gasteiger partial charge on any atom is -0.360 e. The molecule has 0 saturated heterocycles. The van der Waals surface area contributed by atoms with Crippen molar-refractivity contribution < 1.29 is 9.32 Å². The number of halogens is 1. The molecule has 0 spiro atoms. The second kappa shape index (κ2) is 6.46. The Hall–Kier alpha value is -1.92. The summed E-state index contributed by atoms with van der Waals surface area (Å²) in [6.45, 7) is 2.23. The Bertz CT molecular complexity index is 796. The zero-order valence-corrected chi connectivity index (χ0v) is 14.2. The van der Waals surface area contributed by atoms with E-state index in [9.17, 15) is 4.79 Å². The van der Waals surface area contributed by atoms with Crippen LogP contribution in [0.3, 0.4) is 0 Å². The summed E-state index contributed by atoms with van der Waals surface area (Å²) in [6.07, 6.45) is 0. The van der Waals surface area contributed by atoms with Crippen LogP contribution in [-0.4, -0.2) is 11.1 Å². The van der Waals surface area contributed by atoms with Gasteiger partial charge in [0.15, 0.2) is 0 Å². The minimum atomic E-state index is -0.179. The summed E-state index contributed by atoms with van der Waals surface area (Å²) in [5.41, 5.74) is 1.92. The topological polar surface area (TPSA) is 55.1 Å². The van der Waals surface area contributed by atoms with Gasteiger partial charge in [-0.15, -0.1) is 11.3 Å². The first-order valence-electron chi connectivity index (χ1n) is 6.69. The number of amides is 1. The van der Waals surface area contributed by atoms with Crippen LogP contribution in [0.15, 0.2) is 50.8 Å². The molecule has 0 bridgehead atoms. The van der Waals surface area contributed by atoms with Crippen LogP contribution in [0.1, 0.15) is 21.0 Å². The molecule has 3 rings (SSSR count). The second-order valence-corrected chi connectivity index (χ2v) is 7.26. The number of carbonyl (C=O) groups excluding carboxylic acids is 1. The molecule has 0 aliphatic rings. The Balaban J connectivity index is 1.82. The molecule has 0 aliphatic heterocycles. The lowest BCUT2D eigenvalue weighted by Crippen LogP contribution is -2.23. The van der Waals surface area contributed by atoms with Crippen molar-refractivity contribution in [3.8, 4) is 11.3 Å². The smallest absolute Gasteiger partial charge is 0.257 e. The average molecular weight is 377 g/mol. The predicted molar refractivity (Wildman–Crippen MR) is 89.9 cm³/mol. The van der Waals surface area contributed by atoms with Crippen LogP contribution < -0.4 is 5.32 Å². The molecule has 6 heteroatoms. The van der Waals surface area contributed by atoms with Gasteiger partial charge < -0.3 is 9.84 Å². The van der Waals surface area contributed by atoms with Gasteiger partial charge in [-0.25, -0.2) is 0 Å². The molecule has 0 radical (unpaired) electrons. The molecule has 3 aromatic rings. The molecule has 1 aromatic carbocycles. The highest BCUT2D eigenvalue weighted by Gasteiger charge is 2.21. The molecule has 0 atom stereocenters. The van der Waals surface area contributed by atoms with Crippen LogP contribution in [0.2, 0.25) is 0 Å². The highest BCUT2D eigenvalue weighted by molar-refractivity contribution is 9.11. The van der Waals surface area contributed by atoms with Crippen LogP contribution in [0.4, 0.5) is 0 Å². The third kappa shape index (κ3) is 3.13. The van der Waals surface area contributed by atoms with E-state index in [-0.39, 0.29) is 5.91 Å². The SMILES string of the molecule is Cc1onc(-c2ccccc2)c1C(=O)NCc1ccc(Br)s1. The number of benzene rings is 1. The fraction of sp³-hybridized carbons (Fsp3) is 0.125. The number of rotatable bonds is 4. The van der Waals surface area contributed by atoms with Crippen LogP contribution >= 0.6 is 27.3 Å². The molecular weight excluding hydrogens is 364 g/mol. The van der Waals surface area contributed by atoms with E-state index in [1.165, 1.54) is 0 Å². The van der Waals surface area contributed by atoms with E-state index in [0.29, 0.717) is 23.6 Å². The third-order valence-electron chi connectivity index (χ3n) is 3.19. The van der Waals surface area contributed by atoms with Gasteiger partial charge in [0.05, 0.1) is 10.3 Å². The minimum absolute atomic E-state index is 0.179. The Morgan fingerprint density at radius 3 is 2.73 bits per heavy atom. The molecule has 112 valence electrons. The maximum atomic E-state index is 12.5. The first-order valence-corrected chi connectivity index (χ1v) is 8.30. The predicted octanol–water partition coefficient (Wildman–Crippen LogP) is 4.40. The van der Waals surface area contributed by atoms with Crippen molar-refractivity contribution in [2.75, 3.05) is 0 Å². The van der Waals surface area contributed by atoms with Crippen LogP contribution in [0.25, 0.3) is 11.3 Å². The first kappa shape index (κ1) is 15.0. The largest absolute Gasteiger partial charge is 0.360 e. The summed E-state index contributed by atoms with van der Waals surface area (Å²) in [5.74, 6) is 0.339. The van der Waals surface area contributed by atoms with Crippen molar-refractivity contribution in [3.63, 3.8) is 0 Å². The Kier molecular flexibility index (Phi) is 4.40. The van der Waals surface area contributed by atoms with Crippen molar-refractivity contribution in [1.29, 1.82) is 0 Å². The van der Waals surface area contributed by atoms with Crippen molar-refractivity contribution >= 4 is 33.2 Å². The summed E-state index contributed by atoms with van der Waals surface area (Å²) < 4.78 is 6.26. The summed E-state index contributed by atoms with van der Waals surface area (Å²) in [5, 5.41) is 6.94. The Morgan fingerprint density at radius 2 is 2.05 bits per heavy atom. The van der Waals surface area contributed by atoms with Gasteiger partial charge in [0.25, 0.3) is 5.91 Å².